The van der Waals surface area contributed by atoms with E-state index < -0.39 is 11.9 Å². The highest BCUT2D eigenvalue weighted by atomic mass is 35.5. The molecule has 1 amide bonds. The molecule has 1 saturated heterocycles. The molecule has 0 N–H and O–H groups in total. The molecule has 0 aliphatic carbocycles. The number of aryl methyl sites for hydroxylation is 1. The van der Waals surface area contributed by atoms with Gasteiger partial charge in [-0.25, -0.2) is 0 Å². The van der Waals surface area contributed by atoms with Gasteiger partial charge < -0.3 is 9.64 Å². The third kappa shape index (κ3) is 4.08. The quantitative estimate of drug-likeness (QED) is 0.591. The molecule has 1 aliphatic heterocycles. The standard InChI is InChI=1S/C18H16ClNO4S/c1-11-2-4-13(5-3-11)20-9-12(8-17(20)22)18(23)24-10-14(21)15-6-7-16(19)25-15/h2-7,12H,8-10H2,1H3/t12-/m1/s1. The van der Waals surface area contributed by atoms with E-state index in [0.29, 0.717) is 9.21 Å². The molecule has 7 heteroatoms. The first-order valence-corrected chi connectivity index (χ1v) is 8.95. The summed E-state index contributed by atoms with van der Waals surface area (Å²) in [6.45, 7) is 1.89. The van der Waals surface area contributed by atoms with Crippen molar-refractivity contribution in [1.29, 1.82) is 0 Å². The summed E-state index contributed by atoms with van der Waals surface area (Å²) in [4.78, 5) is 38.3. The zero-order valence-corrected chi connectivity index (χ0v) is 15.1. The summed E-state index contributed by atoms with van der Waals surface area (Å²) >= 11 is 6.93. The summed E-state index contributed by atoms with van der Waals surface area (Å²) in [6.07, 6.45) is 0.0890. The number of hydrogen-bond acceptors (Lipinski definition) is 5. The first kappa shape index (κ1) is 17.6. The van der Waals surface area contributed by atoms with Crippen molar-refractivity contribution in [1.82, 2.24) is 0 Å². The number of carbonyl (C=O) groups is 3. The summed E-state index contributed by atoms with van der Waals surface area (Å²) in [5.41, 5.74) is 1.86. The van der Waals surface area contributed by atoms with E-state index in [1.54, 1.807) is 17.0 Å². The number of anilines is 1. The summed E-state index contributed by atoms with van der Waals surface area (Å²) in [7, 11) is 0. The first-order valence-electron chi connectivity index (χ1n) is 7.76. The van der Waals surface area contributed by atoms with Crippen molar-refractivity contribution in [3.63, 3.8) is 0 Å². The van der Waals surface area contributed by atoms with E-state index in [1.165, 1.54) is 0 Å². The minimum Gasteiger partial charge on any atom is -0.457 e. The fourth-order valence-corrected chi connectivity index (χ4v) is 3.60. The Morgan fingerprint density at radius 2 is 1.96 bits per heavy atom. The molecule has 3 rings (SSSR count). The van der Waals surface area contributed by atoms with Crippen molar-refractivity contribution in [2.75, 3.05) is 18.1 Å². The number of Topliss-reactive ketones (excluding diaryl/α,β-unsaturated/α-hetero) is 1. The summed E-state index contributed by atoms with van der Waals surface area (Å²) < 4.78 is 5.60. The molecular weight excluding hydrogens is 362 g/mol. The highest BCUT2D eigenvalue weighted by molar-refractivity contribution is 7.18. The fourth-order valence-electron chi connectivity index (χ4n) is 2.63. The molecule has 1 aromatic heterocycles. The number of esters is 1. The Bertz CT molecular complexity index is 815. The van der Waals surface area contributed by atoms with E-state index in [1.807, 2.05) is 31.2 Å². The smallest absolute Gasteiger partial charge is 0.311 e. The molecule has 1 aromatic carbocycles. The van der Waals surface area contributed by atoms with E-state index in [2.05, 4.69) is 0 Å². The van der Waals surface area contributed by atoms with Crippen LogP contribution in [0.4, 0.5) is 5.69 Å². The van der Waals surface area contributed by atoms with Crippen molar-refractivity contribution < 1.29 is 19.1 Å². The largest absolute Gasteiger partial charge is 0.457 e. The van der Waals surface area contributed by atoms with Crippen molar-refractivity contribution >= 4 is 46.3 Å². The van der Waals surface area contributed by atoms with Gasteiger partial charge in [0.05, 0.1) is 15.1 Å². The van der Waals surface area contributed by atoms with Crippen molar-refractivity contribution in [2.45, 2.75) is 13.3 Å². The molecule has 130 valence electrons. The maximum Gasteiger partial charge on any atom is 0.311 e. The summed E-state index contributed by atoms with van der Waals surface area (Å²) in [5, 5.41) is 0. The molecule has 25 heavy (non-hydrogen) atoms. The second-order valence-corrected chi connectivity index (χ2v) is 7.59. The Hall–Kier alpha value is -2.18. The van der Waals surface area contributed by atoms with Crippen LogP contribution in [0.1, 0.15) is 21.7 Å². The van der Waals surface area contributed by atoms with Gasteiger partial charge in [0, 0.05) is 18.7 Å². The van der Waals surface area contributed by atoms with Gasteiger partial charge in [0.2, 0.25) is 11.7 Å². The fraction of sp³-hybridized carbons (Fsp3) is 0.278. The third-order valence-corrected chi connectivity index (χ3v) is 5.27. The number of halogens is 1. The zero-order chi connectivity index (χ0) is 18.0. The lowest BCUT2D eigenvalue weighted by atomic mass is 10.1. The topological polar surface area (TPSA) is 63.7 Å². The second kappa shape index (κ2) is 7.37. The Labute approximate surface area is 154 Å². The number of ketones is 1. The van der Waals surface area contributed by atoms with E-state index in [-0.39, 0.29) is 31.3 Å². The predicted molar refractivity (Wildman–Crippen MR) is 96.3 cm³/mol. The number of nitrogens with zero attached hydrogens (tertiary/aromatic N) is 1. The molecular formula is C18H16ClNO4S. The number of carbonyl (C=O) groups excluding carboxylic acids is 3. The van der Waals surface area contributed by atoms with Crippen molar-refractivity contribution in [3.8, 4) is 0 Å². The van der Waals surface area contributed by atoms with Gasteiger partial charge in [-0.15, -0.1) is 11.3 Å². The lowest BCUT2D eigenvalue weighted by molar-refractivity contribution is -0.147. The molecule has 0 radical (unpaired) electrons. The molecule has 0 bridgehead atoms. The van der Waals surface area contributed by atoms with Crippen LogP contribution >= 0.6 is 22.9 Å². The van der Waals surface area contributed by atoms with Crippen LogP contribution in [0, 0.1) is 12.8 Å². The van der Waals surface area contributed by atoms with Crippen molar-refractivity contribution in [3.05, 3.63) is 51.2 Å². The van der Waals surface area contributed by atoms with E-state index in [4.69, 9.17) is 16.3 Å². The SMILES string of the molecule is Cc1ccc(N2C[C@H](C(=O)OCC(=O)c3ccc(Cl)s3)CC2=O)cc1. The van der Waals surface area contributed by atoms with Gasteiger partial charge >= 0.3 is 5.97 Å². The molecule has 2 aromatic rings. The average Bonchev–Trinajstić information content (AvgIpc) is 3.19. The molecule has 2 heterocycles. The zero-order valence-electron chi connectivity index (χ0n) is 13.5. The van der Waals surface area contributed by atoms with Crippen LogP contribution in [0.25, 0.3) is 0 Å². The highest BCUT2D eigenvalue weighted by Gasteiger charge is 2.36. The molecule has 1 aliphatic rings. The Balaban J connectivity index is 1.57. The van der Waals surface area contributed by atoms with Crippen LogP contribution < -0.4 is 4.90 Å². The molecule has 0 saturated carbocycles. The van der Waals surface area contributed by atoms with E-state index >= 15 is 0 Å². The lowest BCUT2D eigenvalue weighted by Crippen LogP contribution is -2.27. The Morgan fingerprint density at radius 1 is 1.24 bits per heavy atom. The van der Waals surface area contributed by atoms with Crippen molar-refractivity contribution in [2.24, 2.45) is 5.92 Å². The van der Waals surface area contributed by atoms with Gasteiger partial charge in [0.25, 0.3) is 0 Å². The number of ether oxygens (including phenoxy) is 1. The van der Waals surface area contributed by atoms with Crippen LogP contribution in [0.15, 0.2) is 36.4 Å². The average molecular weight is 378 g/mol. The van der Waals surface area contributed by atoms with Gasteiger partial charge in [0.15, 0.2) is 6.61 Å². The maximum absolute atomic E-state index is 12.2. The second-order valence-electron chi connectivity index (χ2n) is 5.88. The monoisotopic (exact) mass is 377 g/mol. The highest BCUT2D eigenvalue weighted by Crippen LogP contribution is 2.26. The molecule has 1 fully saturated rings. The van der Waals surface area contributed by atoms with Crippen LogP contribution in [0.3, 0.4) is 0 Å². The third-order valence-electron chi connectivity index (χ3n) is 4.00. The number of rotatable bonds is 5. The van der Waals surface area contributed by atoms with Crippen LogP contribution in [0.5, 0.6) is 0 Å². The molecule has 0 spiro atoms. The van der Waals surface area contributed by atoms with Crippen LogP contribution in [-0.4, -0.2) is 30.8 Å². The number of hydrogen-bond donors (Lipinski definition) is 0. The minimum absolute atomic E-state index is 0.0890. The minimum atomic E-state index is -0.562. The number of benzene rings is 1. The number of thiophene rings is 1. The van der Waals surface area contributed by atoms with E-state index in [9.17, 15) is 14.4 Å². The summed E-state index contributed by atoms with van der Waals surface area (Å²) in [6, 6.07) is 10.8. The molecule has 5 nitrogen and oxygen atoms in total. The van der Waals surface area contributed by atoms with Gasteiger partial charge in [-0.2, -0.15) is 0 Å². The molecule has 1 atom stereocenters. The Morgan fingerprint density at radius 3 is 2.60 bits per heavy atom. The number of amides is 1. The van der Waals surface area contributed by atoms with E-state index in [0.717, 1.165) is 22.6 Å². The normalized spacial score (nSPS) is 17.0. The van der Waals surface area contributed by atoms with Gasteiger partial charge in [-0.1, -0.05) is 29.3 Å². The predicted octanol–water partition coefficient (Wildman–Crippen LogP) is 3.49. The van der Waals surface area contributed by atoms with Gasteiger partial charge in [-0.3, -0.25) is 14.4 Å². The van der Waals surface area contributed by atoms with Crippen LogP contribution in [0.2, 0.25) is 4.34 Å². The molecule has 0 unspecified atom stereocenters. The van der Waals surface area contributed by atoms with Gasteiger partial charge in [0.1, 0.15) is 0 Å². The van der Waals surface area contributed by atoms with Gasteiger partial charge in [-0.05, 0) is 31.2 Å². The summed E-state index contributed by atoms with van der Waals surface area (Å²) in [5.74, 6) is -1.51. The maximum atomic E-state index is 12.2. The Kier molecular flexibility index (Phi) is 5.20. The first-order chi connectivity index (χ1) is 11.9. The lowest BCUT2D eigenvalue weighted by Gasteiger charge is -2.16. The van der Waals surface area contributed by atoms with Crippen LogP contribution in [-0.2, 0) is 14.3 Å².